The van der Waals surface area contributed by atoms with Gasteiger partial charge in [-0.25, -0.2) is 0 Å². The molecule has 3 unspecified atom stereocenters. The molecule has 0 amide bonds. The summed E-state index contributed by atoms with van der Waals surface area (Å²) in [6.07, 6.45) is 3.27. The second-order valence-electron chi connectivity index (χ2n) is 4.18. The van der Waals surface area contributed by atoms with Gasteiger partial charge in [0.2, 0.25) is 0 Å². The zero-order chi connectivity index (χ0) is 10.6. The molecule has 4 heteroatoms. The molecule has 0 aromatic rings. The lowest BCUT2D eigenvalue weighted by atomic mass is 9.84. The van der Waals surface area contributed by atoms with Gasteiger partial charge < -0.3 is 9.84 Å². The van der Waals surface area contributed by atoms with E-state index in [-0.39, 0.29) is 12.1 Å². The molecule has 1 aliphatic rings. The van der Waals surface area contributed by atoms with Gasteiger partial charge in [-0.15, -0.1) is 0 Å². The van der Waals surface area contributed by atoms with E-state index < -0.39 is 6.10 Å². The maximum absolute atomic E-state index is 10.7. The normalized spacial score (nSPS) is 32.9. The molecule has 1 saturated carbocycles. The fourth-order valence-corrected chi connectivity index (χ4v) is 3.04. The van der Waals surface area contributed by atoms with Crippen LogP contribution in [0.2, 0.25) is 6.04 Å². The van der Waals surface area contributed by atoms with Crippen LogP contribution < -0.4 is 0 Å². The number of carbonyl (C=O) groups excluding carboxylic acids is 1. The second kappa shape index (κ2) is 5.51. The largest absolute Gasteiger partial charge is 0.460 e. The first-order valence-electron chi connectivity index (χ1n) is 5.48. The van der Waals surface area contributed by atoms with Crippen molar-refractivity contribution < 1.29 is 14.6 Å². The molecule has 0 saturated heterocycles. The molecule has 0 aliphatic heterocycles. The third-order valence-electron chi connectivity index (χ3n) is 2.88. The summed E-state index contributed by atoms with van der Waals surface area (Å²) in [5.41, 5.74) is 0. The summed E-state index contributed by atoms with van der Waals surface area (Å²) in [5.74, 6) is 0.365. The SMILES string of the molecule is CC(=O)OC1CCC(CC[SiH3])CC1O. The van der Waals surface area contributed by atoms with Gasteiger partial charge in [0.15, 0.2) is 0 Å². The maximum atomic E-state index is 10.7. The zero-order valence-corrected chi connectivity index (χ0v) is 11.0. The quantitative estimate of drug-likeness (QED) is 0.543. The summed E-state index contributed by atoms with van der Waals surface area (Å²) in [7, 11) is 1.24. The Hall–Kier alpha value is -0.353. The number of aliphatic hydroxyl groups is 1. The van der Waals surface area contributed by atoms with Crippen LogP contribution in [0.5, 0.6) is 0 Å². The van der Waals surface area contributed by atoms with E-state index in [1.54, 1.807) is 0 Å². The molecule has 0 bridgehead atoms. The molecular formula is C10H20O3Si. The van der Waals surface area contributed by atoms with Gasteiger partial charge in [-0.05, 0) is 25.2 Å². The van der Waals surface area contributed by atoms with Crippen molar-refractivity contribution in [1.82, 2.24) is 0 Å². The van der Waals surface area contributed by atoms with Crippen LogP contribution in [0.15, 0.2) is 0 Å². The third-order valence-corrected chi connectivity index (χ3v) is 3.46. The van der Waals surface area contributed by atoms with Crippen LogP contribution in [0.4, 0.5) is 0 Å². The maximum Gasteiger partial charge on any atom is 0.302 e. The molecule has 82 valence electrons. The van der Waals surface area contributed by atoms with Crippen molar-refractivity contribution in [2.45, 2.75) is 50.9 Å². The summed E-state index contributed by atoms with van der Waals surface area (Å²) >= 11 is 0. The fraction of sp³-hybridized carbons (Fsp3) is 0.900. The Morgan fingerprint density at radius 2 is 2.29 bits per heavy atom. The Balaban J connectivity index is 2.35. The molecule has 3 nitrogen and oxygen atoms in total. The highest BCUT2D eigenvalue weighted by Crippen LogP contribution is 2.29. The van der Waals surface area contributed by atoms with Crippen molar-refractivity contribution in [1.29, 1.82) is 0 Å². The van der Waals surface area contributed by atoms with E-state index in [2.05, 4.69) is 0 Å². The number of ether oxygens (including phenoxy) is 1. The van der Waals surface area contributed by atoms with E-state index in [1.807, 2.05) is 0 Å². The Bertz CT molecular complexity index is 196. The first kappa shape index (κ1) is 11.7. The van der Waals surface area contributed by atoms with Gasteiger partial charge in [-0.2, -0.15) is 0 Å². The van der Waals surface area contributed by atoms with Gasteiger partial charge in [0, 0.05) is 17.2 Å². The number of rotatable bonds is 3. The lowest BCUT2D eigenvalue weighted by molar-refractivity contribution is -0.156. The smallest absolute Gasteiger partial charge is 0.302 e. The Morgan fingerprint density at radius 3 is 2.79 bits per heavy atom. The number of aliphatic hydroxyl groups excluding tert-OH is 1. The summed E-state index contributed by atoms with van der Waals surface area (Å²) in [6, 6.07) is 1.30. The van der Waals surface area contributed by atoms with Gasteiger partial charge in [0.25, 0.3) is 0 Å². The molecule has 1 fully saturated rings. The van der Waals surface area contributed by atoms with Crippen LogP contribution in [-0.4, -0.2) is 33.5 Å². The fourth-order valence-electron chi connectivity index (χ4n) is 2.22. The molecule has 0 heterocycles. The first-order valence-corrected chi connectivity index (χ1v) is 6.90. The molecule has 0 aromatic carbocycles. The van der Waals surface area contributed by atoms with Gasteiger partial charge in [0.1, 0.15) is 6.10 Å². The van der Waals surface area contributed by atoms with Crippen LogP contribution in [0, 0.1) is 5.92 Å². The van der Waals surface area contributed by atoms with Crippen LogP contribution in [-0.2, 0) is 9.53 Å². The van der Waals surface area contributed by atoms with E-state index in [9.17, 15) is 9.90 Å². The van der Waals surface area contributed by atoms with Crippen LogP contribution in [0.1, 0.15) is 32.6 Å². The van der Waals surface area contributed by atoms with Gasteiger partial charge >= 0.3 is 5.97 Å². The zero-order valence-electron chi connectivity index (χ0n) is 9.03. The first-order chi connectivity index (χ1) is 6.63. The number of hydrogen-bond donors (Lipinski definition) is 1. The predicted octanol–water partition coefficient (Wildman–Crippen LogP) is 0.253. The van der Waals surface area contributed by atoms with E-state index in [1.165, 1.54) is 29.6 Å². The lowest BCUT2D eigenvalue weighted by Crippen LogP contribution is -2.36. The number of carbonyl (C=O) groups is 1. The summed E-state index contributed by atoms with van der Waals surface area (Å²) in [4.78, 5) is 10.7. The third kappa shape index (κ3) is 3.42. The standard InChI is InChI=1S/C10H20O3Si/c1-7(11)13-10-3-2-8(4-5-14)6-9(10)12/h8-10,12H,2-6H2,1,14H3. The van der Waals surface area contributed by atoms with Crippen molar-refractivity contribution in [2.75, 3.05) is 0 Å². The van der Waals surface area contributed by atoms with Crippen molar-refractivity contribution >= 4 is 16.2 Å². The Kier molecular flexibility index (Phi) is 4.61. The Labute approximate surface area is 88.3 Å². The predicted molar refractivity (Wildman–Crippen MR) is 58.3 cm³/mol. The molecule has 1 N–H and O–H groups in total. The van der Waals surface area contributed by atoms with Gasteiger partial charge in [0.05, 0.1) is 6.10 Å². The Morgan fingerprint density at radius 1 is 1.57 bits per heavy atom. The average molecular weight is 216 g/mol. The van der Waals surface area contributed by atoms with Gasteiger partial charge in [-0.3, -0.25) is 4.79 Å². The molecule has 0 aromatic heterocycles. The van der Waals surface area contributed by atoms with Crippen molar-refractivity contribution in [3.63, 3.8) is 0 Å². The monoisotopic (exact) mass is 216 g/mol. The van der Waals surface area contributed by atoms with Crippen LogP contribution in [0.3, 0.4) is 0 Å². The van der Waals surface area contributed by atoms with E-state index >= 15 is 0 Å². The molecule has 0 radical (unpaired) electrons. The highest BCUT2D eigenvalue weighted by molar-refractivity contribution is 6.08. The molecular weight excluding hydrogens is 196 g/mol. The minimum atomic E-state index is -0.439. The van der Waals surface area contributed by atoms with Crippen LogP contribution >= 0.6 is 0 Å². The van der Waals surface area contributed by atoms with Crippen molar-refractivity contribution in [2.24, 2.45) is 5.92 Å². The van der Waals surface area contributed by atoms with Crippen molar-refractivity contribution in [3.8, 4) is 0 Å². The van der Waals surface area contributed by atoms with Gasteiger partial charge in [-0.1, -0.05) is 12.5 Å². The number of hydrogen-bond acceptors (Lipinski definition) is 3. The topological polar surface area (TPSA) is 46.5 Å². The second-order valence-corrected chi connectivity index (χ2v) is 5.18. The lowest BCUT2D eigenvalue weighted by Gasteiger charge is -2.32. The average Bonchev–Trinajstić information content (AvgIpc) is 2.10. The highest BCUT2D eigenvalue weighted by Gasteiger charge is 2.30. The minimum absolute atomic E-state index is 0.252. The molecule has 3 atom stereocenters. The van der Waals surface area contributed by atoms with Crippen molar-refractivity contribution in [3.05, 3.63) is 0 Å². The van der Waals surface area contributed by atoms with E-state index in [4.69, 9.17) is 4.74 Å². The molecule has 0 spiro atoms. The molecule has 1 rings (SSSR count). The minimum Gasteiger partial charge on any atom is -0.460 e. The van der Waals surface area contributed by atoms with E-state index in [0.717, 1.165) is 19.3 Å². The highest BCUT2D eigenvalue weighted by atomic mass is 28.1. The summed E-state index contributed by atoms with van der Waals surface area (Å²) in [6.45, 7) is 1.40. The molecule has 14 heavy (non-hydrogen) atoms. The molecule has 1 aliphatic carbocycles. The summed E-state index contributed by atoms with van der Waals surface area (Å²) in [5, 5.41) is 9.75. The van der Waals surface area contributed by atoms with E-state index in [0.29, 0.717) is 5.92 Å². The van der Waals surface area contributed by atoms with Crippen LogP contribution in [0.25, 0.3) is 0 Å². The number of esters is 1. The summed E-state index contributed by atoms with van der Waals surface area (Å²) < 4.78 is 5.05.